The van der Waals surface area contributed by atoms with Crippen molar-refractivity contribution in [3.05, 3.63) is 23.5 Å². The van der Waals surface area contributed by atoms with Crippen molar-refractivity contribution in [3.8, 4) is 0 Å². The third-order valence-electron chi connectivity index (χ3n) is 2.04. The first-order chi connectivity index (χ1) is 6.58. The summed E-state index contributed by atoms with van der Waals surface area (Å²) in [5.74, 6) is -0.265. The van der Waals surface area contributed by atoms with Crippen molar-refractivity contribution in [3.63, 3.8) is 0 Å². The van der Waals surface area contributed by atoms with E-state index in [2.05, 4.69) is 4.98 Å². The van der Waals surface area contributed by atoms with Crippen molar-refractivity contribution in [1.29, 1.82) is 0 Å². The zero-order valence-electron chi connectivity index (χ0n) is 8.34. The molecule has 0 N–H and O–H groups in total. The highest BCUT2D eigenvalue weighted by Gasteiger charge is 2.09. The van der Waals surface area contributed by atoms with Crippen LogP contribution in [0.3, 0.4) is 0 Å². The van der Waals surface area contributed by atoms with Crippen LogP contribution in [0.15, 0.2) is 16.5 Å². The summed E-state index contributed by atoms with van der Waals surface area (Å²) in [4.78, 5) is 5.95. The van der Waals surface area contributed by atoms with Gasteiger partial charge in [0.1, 0.15) is 11.3 Å². The van der Waals surface area contributed by atoms with Gasteiger partial charge in [-0.2, -0.15) is 4.98 Å². The van der Waals surface area contributed by atoms with Crippen LogP contribution in [0, 0.1) is 12.7 Å². The first kappa shape index (κ1) is 8.99. The molecule has 1 heterocycles. The molecule has 0 atom stereocenters. The number of oxazole rings is 1. The number of aromatic nitrogens is 1. The average Bonchev–Trinajstić information content (AvgIpc) is 2.48. The number of benzene rings is 1. The van der Waals surface area contributed by atoms with Crippen molar-refractivity contribution in [1.82, 2.24) is 4.98 Å². The van der Waals surface area contributed by atoms with Crippen molar-refractivity contribution in [2.75, 3.05) is 19.0 Å². The summed E-state index contributed by atoms with van der Waals surface area (Å²) in [6.45, 7) is 1.71. The highest BCUT2D eigenvalue weighted by atomic mass is 19.1. The van der Waals surface area contributed by atoms with Crippen LogP contribution in [0.4, 0.5) is 10.4 Å². The second-order valence-electron chi connectivity index (χ2n) is 3.46. The zero-order chi connectivity index (χ0) is 10.3. The Kier molecular flexibility index (Phi) is 1.91. The molecule has 0 aliphatic carbocycles. The number of fused-ring (bicyclic) bond motifs is 1. The second-order valence-corrected chi connectivity index (χ2v) is 3.46. The van der Waals surface area contributed by atoms with Crippen molar-refractivity contribution in [2.45, 2.75) is 6.92 Å². The SMILES string of the molecule is Cc1cc2nc(N(C)C)oc2cc1F. The van der Waals surface area contributed by atoms with Crippen molar-refractivity contribution in [2.24, 2.45) is 0 Å². The molecule has 0 aliphatic rings. The fourth-order valence-electron chi connectivity index (χ4n) is 1.23. The molecule has 2 aromatic rings. The predicted molar refractivity (Wildman–Crippen MR) is 53.0 cm³/mol. The highest BCUT2D eigenvalue weighted by Crippen LogP contribution is 2.23. The van der Waals surface area contributed by atoms with Gasteiger partial charge in [0.2, 0.25) is 0 Å². The Balaban J connectivity index is 2.66. The van der Waals surface area contributed by atoms with Gasteiger partial charge in [0, 0.05) is 20.2 Å². The Bertz CT molecular complexity index is 437. The maximum atomic E-state index is 13.2. The number of rotatable bonds is 1. The lowest BCUT2D eigenvalue weighted by Gasteiger charge is -2.03. The van der Waals surface area contributed by atoms with Gasteiger partial charge in [-0.15, -0.1) is 0 Å². The summed E-state index contributed by atoms with van der Waals surface area (Å²) in [6, 6.07) is 3.54. The molecule has 1 aromatic heterocycles. The van der Waals surface area contributed by atoms with Gasteiger partial charge < -0.3 is 9.32 Å². The van der Waals surface area contributed by atoms with E-state index in [0.717, 1.165) is 0 Å². The van der Waals surface area contributed by atoms with E-state index in [0.29, 0.717) is 22.7 Å². The highest BCUT2D eigenvalue weighted by molar-refractivity contribution is 5.75. The molecule has 3 nitrogen and oxygen atoms in total. The van der Waals surface area contributed by atoms with Gasteiger partial charge in [-0.05, 0) is 18.6 Å². The Morgan fingerprint density at radius 3 is 2.71 bits per heavy atom. The second kappa shape index (κ2) is 2.97. The number of hydrogen-bond acceptors (Lipinski definition) is 3. The molecular weight excluding hydrogens is 183 g/mol. The maximum absolute atomic E-state index is 13.2. The zero-order valence-corrected chi connectivity index (χ0v) is 8.34. The molecule has 0 aliphatic heterocycles. The molecule has 1 aromatic carbocycles. The molecule has 4 heteroatoms. The minimum atomic E-state index is -0.265. The van der Waals surface area contributed by atoms with E-state index in [1.807, 2.05) is 14.1 Å². The number of anilines is 1. The molecule has 0 amide bonds. The molecule has 2 rings (SSSR count). The molecule has 0 saturated heterocycles. The third kappa shape index (κ3) is 1.32. The predicted octanol–water partition coefficient (Wildman–Crippen LogP) is 2.34. The topological polar surface area (TPSA) is 29.3 Å². The minimum Gasteiger partial charge on any atom is -0.423 e. The van der Waals surface area contributed by atoms with Crippen LogP contribution in [0.2, 0.25) is 0 Å². The molecule has 74 valence electrons. The third-order valence-corrected chi connectivity index (χ3v) is 2.04. The first-order valence-electron chi connectivity index (χ1n) is 4.32. The fourth-order valence-corrected chi connectivity index (χ4v) is 1.23. The van der Waals surface area contributed by atoms with Gasteiger partial charge in [-0.25, -0.2) is 4.39 Å². The van der Waals surface area contributed by atoms with Crippen LogP contribution in [-0.2, 0) is 0 Å². The fraction of sp³-hybridized carbons (Fsp3) is 0.300. The maximum Gasteiger partial charge on any atom is 0.297 e. The summed E-state index contributed by atoms with van der Waals surface area (Å²) in [6.07, 6.45) is 0. The molecule has 0 unspecified atom stereocenters. The Hall–Kier alpha value is -1.58. The van der Waals surface area contributed by atoms with Crippen LogP contribution >= 0.6 is 0 Å². The largest absolute Gasteiger partial charge is 0.423 e. The molecular formula is C10H11FN2O. The summed E-state index contributed by atoms with van der Waals surface area (Å²) in [5.41, 5.74) is 1.75. The van der Waals surface area contributed by atoms with E-state index in [4.69, 9.17) is 4.42 Å². The van der Waals surface area contributed by atoms with Crippen LogP contribution in [0.25, 0.3) is 11.1 Å². The average molecular weight is 194 g/mol. The van der Waals surface area contributed by atoms with Crippen molar-refractivity contribution < 1.29 is 8.81 Å². The van der Waals surface area contributed by atoms with E-state index in [1.54, 1.807) is 17.9 Å². The summed E-state index contributed by atoms with van der Waals surface area (Å²) in [7, 11) is 3.65. The lowest BCUT2D eigenvalue weighted by Crippen LogP contribution is -2.08. The van der Waals surface area contributed by atoms with Crippen LogP contribution < -0.4 is 4.90 Å². The molecule has 0 radical (unpaired) electrons. The van der Waals surface area contributed by atoms with Crippen LogP contribution in [0.1, 0.15) is 5.56 Å². The summed E-state index contributed by atoms with van der Waals surface area (Å²) < 4.78 is 18.5. The van der Waals surface area contributed by atoms with Gasteiger partial charge in [0.05, 0.1) is 0 Å². The Morgan fingerprint density at radius 2 is 2.07 bits per heavy atom. The number of hydrogen-bond donors (Lipinski definition) is 0. The summed E-state index contributed by atoms with van der Waals surface area (Å²) >= 11 is 0. The number of aryl methyl sites for hydroxylation is 1. The minimum absolute atomic E-state index is 0.265. The normalized spacial score (nSPS) is 10.9. The quantitative estimate of drug-likeness (QED) is 0.697. The first-order valence-corrected chi connectivity index (χ1v) is 4.32. The molecule has 14 heavy (non-hydrogen) atoms. The molecule has 0 spiro atoms. The van der Waals surface area contributed by atoms with Gasteiger partial charge >= 0.3 is 0 Å². The smallest absolute Gasteiger partial charge is 0.297 e. The lowest BCUT2D eigenvalue weighted by atomic mass is 10.2. The van der Waals surface area contributed by atoms with Crippen LogP contribution in [0.5, 0.6) is 0 Å². The summed E-state index contributed by atoms with van der Waals surface area (Å²) in [5, 5.41) is 0. The Labute approximate surface area is 81.1 Å². The molecule has 0 bridgehead atoms. The van der Waals surface area contributed by atoms with Crippen LogP contribution in [-0.4, -0.2) is 19.1 Å². The standard InChI is InChI=1S/C10H11FN2O/c1-6-4-8-9(5-7(6)11)14-10(12-8)13(2)3/h4-5H,1-3H3. The monoisotopic (exact) mass is 194 g/mol. The lowest BCUT2D eigenvalue weighted by molar-refractivity contribution is 0.585. The molecule has 0 fully saturated rings. The van der Waals surface area contributed by atoms with E-state index in [-0.39, 0.29) is 5.82 Å². The number of halogens is 1. The van der Waals surface area contributed by atoms with E-state index >= 15 is 0 Å². The molecule has 0 saturated carbocycles. The number of nitrogens with zero attached hydrogens (tertiary/aromatic N) is 2. The van der Waals surface area contributed by atoms with Gasteiger partial charge in [0.15, 0.2) is 5.58 Å². The van der Waals surface area contributed by atoms with Gasteiger partial charge in [-0.3, -0.25) is 0 Å². The van der Waals surface area contributed by atoms with Gasteiger partial charge in [-0.1, -0.05) is 0 Å². The van der Waals surface area contributed by atoms with E-state index < -0.39 is 0 Å². The van der Waals surface area contributed by atoms with E-state index in [9.17, 15) is 4.39 Å². The van der Waals surface area contributed by atoms with Crippen molar-refractivity contribution >= 4 is 17.1 Å². The Morgan fingerprint density at radius 1 is 1.36 bits per heavy atom. The van der Waals surface area contributed by atoms with E-state index in [1.165, 1.54) is 6.07 Å². The van der Waals surface area contributed by atoms with Gasteiger partial charge in [0.25, 0.3) is 6.01 Å².